The van der Waals surface area contributed by atoms with Crippen LogP contribution in [0.4, 0.5) is 4.79 Å². The molecule has 7 heteroatoms. The summed E-state index contributed by atoms with van der Waals surface area (Å²) >= 11 is 0. The Kier molecular flexibility index (Phi) is 4.71. The van der Waals surface area contributed by atoms with Gasteiger partial charge in [0.1, 0.15) is 6.10 Å². The highest BCUT2D eigenvalue weighted by atomic mass is 16.7. The second kappa shape index (κ2) is 6.97. The molecule has 1 spiro atoms. The highest BCUT2D eigenvalue weighted by molar-refractivity contribution is 5.75. The van der Waals surface area contributed by atoms with Gasteiger partial charge in [0.2, 0.25) is 0 Å². The van der Waals surface area contributed by atoms with Crippen molar-refractivity contribution in [3.05, 3.63) is 24.0 Å². The van der Waals surface area contributed by atoms with E-state index in [9.17, 15) is 4.79 Å². The summed E-state index contributed by atoms with van der Waals surface area (Å²) in [4.78, 5) is 14.6. The Morgan fingerprint density at radius 1 is 1.40 bits per heavy atom. The molecule has 3 aliphatic rings. The van der Waals surface area contributed by atoms with Crippen molar-refractivity contribution < 1.29 is 19.0 Å². The number of nitrogens with zero attached hydrogens (tertiary/aromatic N) is 2. The summed E-state index contributed by atoms with van der Waals surface area (Å²) in [5.74, 6) is -0.493. The van der Waals surface area contributed by atoms with Crippen LogP contribution in [0.5, 0.6) is 0 Å². The lowest BCUT2D eigenvalue weighted by molar-refractivity contribution is -0.210. The number of hydrogen-bond acceptors (Lipinski definition) is 4. The first-order chi connectivity index (χ1) is 12.2. The van der Waals surface area contributed by atoms with Gasteiger partial charge in [0.05, 0.1) is 25.9 Å². The van der Waals surface area contributed by atoms with Gasteiger partial charge in [0, 0.05) is 44.9 Å². The van der Waals surface area contributed by atoms with E-state index < -0.39 is 5.79 Å². The van der Waals surface area contributed by atoms with Crippen LogP contribution in [0.3, 0.4) is 0 Å². The molecule has 25 heavy (non-hydrogen) atoms. The Labute approximate surface area is 148 Å². The third kappa shape index (κ3) is 3.41. The molecule has 4 rings (SSSR count). The van der Waals surface area contributed by atoms with E-state index in [0.717, 1.165) is 32.2 Å². The minimum absolute atomic E-state index is 0.0137. The van der Waals surface area contributed by atoms with Gasteiger partial charge in [-0.1, -0.05) is 0 Å². The Morgan fingerprint density at radius 2 is 2.24 bits per heavy atom. The minimum Gasteiger partial charge on any atom is -0.381 e. The zero-order valence-corrected chi connectivity index (χ0v) is 14.8. The molecule has 4 heterocycles. The summed E-state index contributed by atoms with van der Waals surface area (Å²) in [6.45, 7) is 3.15. The van der Waals surface area contributed by atoms with Crippen LogP contribution in [0.1, 0.15) is 37.4 Å². The Morgan fingerprint density at radius 3 is 3.00 bits per heavy atom. The third-order valence-corrected chi connectivity index (χ3v) is 5.49. The van der Waals surface area contributed by atoms with Crippen molar-refractivity contribution >= 4 is 6.03 Å². The van der Waals surface area contributed by atoms with Crippen LogP contribution < -0.4 is 5.32 Å². The molecule has 2 atom stereocenters. The summed E-state index contributed by atoms with van der Waals surface area (Å²) < 4.78 is 19.4. The van der Waals surface area contributed by atoms with E-state index in [1.807, 2.05) is 24.2 Å². The Balaban J connectivity index is 1.31. The van der Waals surface area contributed by atoms with Crippen molar-refractivity contribution in [2.24, 2.45) is 7.05 Å². The number of nitrogens with one attached hydrogen (secondary N) is 1. The first-order valence-electron chi connectivity index (χ1n) is 9.22. The standard InChI is InChI=1S/C18H27N3O4/c1-20-8-2-4-15(20)16-5-3-9-21(16)17(22)19-12-14-13-24-18(25-14)6-10-23-11-7-18/h2,4,8,14,16H,3,5-7,9-13H2,1H3,(H,19,22)/t14-,16-/m0/s1. The molecule has 0 bridgehead atoms. The summed E-state index contributed by atoms with van der Waals surface area (Å²) in [6.07, 6.45) is 5.52. The SMILES string of the molecule is Cn1cccc1[C@@H]1CCCN1C(=O)NC[C@H]1COC2(CCOCC2)O1. The molecular weight excluding hydrogens is 322 g/mol. The fourth-order valence-corrected chi connectivity index (χ4v) is 4.10. The number of ether oxygens (including phenoxy) is 3. The highest BCUT2D eigenvalue weighted by Gasteiger charge is 2.43. The maximum absolute atomic E-state index is 12.7. The molecule has 3 fully saturated rings. The van der Waals surface area contributed by atoms with Gasteiger partial charge in [0.25, 0.3) is 0 Å². The predicted molar refractivity (Wildman–Crippen MR) is 91.1 cm³/mol. The van der Waals surface area contributed by atoms with Crippen molar-refractivity contribution in [1.29, 1.82) is 0 Å². The zero-order valence-electron chi connectivity index (χ0n) is 14.8. The van der Waals surface area contributed by atoms with Gasteiger partial charge < -0.3 is 29.0 Å². The average molecular weight is 349 g/mol. The van der Waals surface area contributed by atoms with Gasteiger partial charge in [-0.15, -0.1) is 0 Å². The lowest BCUT2D eigenvalue weighted by atomic mass is 10.1. The van der Waals surface area contributed by atoms with Crippen LogP contribution in [-0.2, 0) is 21.3 Å². The number of hydrogen-bond donors (Lipinski definition) is 1. The highest BCUT2D eigenvalue weighted by Crippen LogP contribution is 2.34. The van der Waals surface area contributed by atoms with Crippen molar-refractivity contribution in [2.75, 3.05) is 32.9 Å². The Bertz CT molecular complexity index is 611. The minimum atomic E-state index is -0.493. The molecule has 1 N–H and O–H groups in total. The smallest absolute Gasteiger partial charge is 0.318 e. The number of carbonyl (C=O) groups is 1. The van der Waals surface area contributed by atoms with Gasteiger partial charge in [-0.3, -0.25) is 0 Å². The summed E-state index contributed by atoms with van der Waals surface area (Å²) in [5.41, 5.74) is 1.19. The number of rotatable bonds is 3. The molecule has 7 nitrogen and oxygen atoms in total. The van der Waals surface area contributed by atoms with Crippen molar-refractivity contribution in [1.82, 2.24) is 14.8 Å². The van der Waals surface area contributed by atoms with Gasteiger partial charge in [0.15, 0.2) is 5.79 Å². The van der Waals surface area contributed by atoms with Gasteiger partial charge >= 0.3 is 6.03 Å². The fraction of sp³-hybridized carbons (Fsp3) is 0.722. The number of carbonyl (C=O) groups excluding carboxylic acids is 1. The number of amides is 2. The quantitative estimate of drug-likeness (QED) is 0.904. The van der Waals surface area contributed by atoms with Crippen molar-refractivity contribution in [3.8, 4) is 0 Å². The molecule has 138 valence electrons. The summed E-state index contributed by atoms with van der Waals surface area (Å²) in [5, 5.41) is 3.04. The largest absolute Gasteiger partial charge is 0.381 e. The summed E-state index contributed by atoms with van der Waals surface area (Å²) in [6, 6.07) is 4.27. The van der Waals surface area contributed by atoms with E-state index in [-0.39, 0.29) is 18.2 Å². The number of likely N-dealkylation sites (tertiary alicyclic amines) is 1. The van der Waals surface area contributed by atoms with Crippen LogP contribution in [-0.4, -0.2) is 60.3 Å². The van der Waals surface area contributed by atoms with E-state index in [2.05, 4.69) is 16.0 Å². The van der Waals surface area contributed by atoms with Crippen LogP contribution in [0.25, 0.3) is 0 Å². The maximum Gasteiger partial charge on any atom is 0.318 e. The van der Waals surface area contributed by atoms with Gasteiger partial charge in [-0.25, -0.2) is 4.79 Å². The fourth-order valence-electron chi connectivity index (χ4n) is 4.10. The van der Waals surface area contributed by atoms with E-state index in [1.54, 1.807) is 0 Å². The molecule has 2 amide bonds. The van der Waals surface area contributed by atoms with Gasteiger partial charge in [-0.05, 0) is 25.0 Å². The van der Waals surface area contributed by atoms with Crippen LogP contribution in [0, 0.1) is 0 Å². The number of aryl methyl sites for hydroxylation is 1. The molecule has 0 radical (unpaired) electrons. The molecule has 0 aromatic carbocycles. The van der Waals surface area contributed by atoms with Crippen LogP contribution in [0.15, 0.2) is 18.3 Å². The maximum atomic E-state index is 12.7. The second-order valence-electron chi connectivity index (χ2n) is 7.16. The lowest BCUT2D eigenvalue weighted by Gasteiger charge is -2.31. The molecule has 1 aromatic rings. The third-order valence-electron chi connectivity index (χ3n) is 5.49. The lowest BCUT2D eigenvalue weighted by Crippen LogP contribution is -2.44. The van der Waals surface area contributed by atoms with Crippen molar-refractivity contribution in [3.63, 3.8) is 0 Å². The normalized spacial score (nSPS) is 28.6. The van der Waals surface area contributed by atoms with Gasteiger partial charge in [-0.2, -0.15) is 0 Å². The molecular formula is C18H27N3O4. The monoisotopic (exact) mass is 349 g/mol. The second-order valence-corrected chi connectivity index (χ2v) is 7.16. The topological polar surface area (TPSA) is 65.0 Å². The average Bonchev–Trinajstić information content (AvgIpc) is 3.33. The van der Waals surface area contributed by atoms with Crippen molar-refractivity contribution in [2.45, 2.75) is 43.6 Å². The molecule has 0 unspecified atom stereocenters. The molecule has 3 aliphatic heterocycles. The van der Waals surface area contributed by atoms with E-state index >= 15 is 0 Å². The molecule has 0 aliphatic carbocycles. The summed E-state index contributed by atoms with van der Waals surface area (Å²) in [7, 11) is 2.03. The van der Waals surface area contributed by atoms with Crippen LogP contribution in [0.2, 0.25) is 0 Å². The first-order valence-corrected chi connectivity index (χ1v) is 9.22. The zero-order chi connectivity index (χ0) is 17.3. The Hall–Kier alpha value is -1.57. The number of aromatic nitrogens is 1. The molecule has 3 saturated heterocycles. The molecule has 0 saturated carbocycles. The van der Waals surface area contributed by atoms with E-state index in [1.165, 1.54) is 5.69 Å². The predicted octanol–water partition coefficient (Wildman–Crippen LogP) is 1.79. The van der Waals surface area contributed by atoms with Crippen LogP contribution >= 0.6 is 0 Å². The van der Waals surface area contributed by atoms with E-state index in [4.69, 9.17) is 14.2 Å². The molecule has 1 aromatic heterocycles. The first kappa shape index (κ1) is 16.9. The van der Waals surface area contributed by atoms with E-state index in [0.29, 0.717) is 26.4 Å². The number of urea groups is 1.